The number of hydrogen-bond donors (Lipinski definition) is 1. The van der Waals surface area contributed by atoms with Crippen LogP contribution >= 0.6 is 23.2 Å². The summed E-state index contributed by atoms with van der Waals surface area (Å²) in [6, 6.07) is 24.6. The lowest BCUT2D eigenvalue weighted by Crippen LogP contribution is -2.19. The van der Waals surface area contributed by atoms with Gasteiger partial charge in [0, 0.05) is 33.9 Å². The Kier molecular flexibility index (Phi) is 5.38. The van der Waals surface area contributed by atoms with Crippen LogP contribution in [0.3, 0.4) is 0 Å². The minimum absolute atomic E-state index is 0.273. The molecule has 6 heteroatoms. The fourth-order valence-corrected chi connectivity index (χ4v) is 3.54. The molecule has 1 N–H and O–H groups in total. The molecule has 1 heterocycles. The van der Waals surface area contributed by atoms with Gasteiger partial charge >= 0.3 is 0 Å². The molecule has 0 unspecified atom stereocenters. The smallest absolute Gasteiger partial charge is 0.271 e. The molecule has 0 bridgehead atoms. The molecule has 0 aliphatic carbocycles. The lowest BCUT2D eigenvalue weighted by molar-refractivity contribution is 0.0959. The summed E-state index contributed by atoms with van der Waals surface area (Å²) in [4.78, 5) is 17.5. The van der Waals surface area contributed by atoms with Gasteiger partial charge in [0.2, 0.25) is 0 Å². The van der Waals surface area contributed by atoms with Gasteiger partial charge in [-0.2, -0.15) is 0 Å². The van der Waals surface area contributed by atoms with E-state index in [9.17, 15) is 4.79 Å². The average Bonchev–Trinajstić information content (AvgIpc) is 3.15. The number of nitrogens with one attached hydrogen (secondary N) is 1. The highest BCUT2D eigenvalue weighted by Crippen LogP contribution is 2.34. The molecule has 144 valence electrons. The molecule has 1 aromatic heterocycles. The van der Waals surface area contributed by atoms with Gasteiger partial charge in [0.15, 0.2) is 5.69 Å². The summed E-state index contributed by atoms with van der Waals surface area (Å²) >= 11 is 12.4. The molecule has 3 aromatic carbocycles. The highest BCUT2D eigenvalue weighted by Gasteiger charge is 2.25. The SMILES string of the molecule is CNC(=O)c1nc(-c2ccccc2)n(-c2ccc(Cl)cc2)c1-c1cccc(Cl)c1. The predicted octanol–water partition coefficient (Wildman–Crippen LogP) is 5.87. The molecule has 0 saturated heterocycles. The highest BCUT2D eigenvalue weighted by molar-refractivity contribution is 6.31. The standard InChI is InChI=1S/C23H17Cl2N3O/c1-26-23(29)20-21(16-8-5-9-18(25)14-16)28(19-12-10-17(24)11-13-19)22(27-20)15-6-3-2-4-7-15/h2-14H,1H3,(H,26,29). The van der Waals surface area contributed by atoms with Gasteiger partial charge in [-0.15, -0.1) is 0 Å². The lowest BCUT2D eigenvalue weighted by Gasteiger charge is -2.14. The van der Waals surface area contributed by atoms with Gasteiger partial charge in [-0.3, -0.25) is 9.36 Å². The number of rotatable bonds is 4. The lowest BCUT2D eigenvalue weighted by atomic mass is 10.1. The molecular formula is C23H17Cl2N3O. The number of hydrogen-bond acceptors (Lipinski definition) is 2. The zero-order valence-corrected chi connectivity index (χ0v) is 17.1. The third-order valence-corrected chi connectivity index (χ3v) is 5.02. The van der Waals surface area contributed by atoms with Crippen LogP contribution in [0, 0.1) is 0 Å². The van der Waals surface area contributed by atoms with Crippen molar-refractivity contribution in [3.63, 3.8) is 0 Å². The molecule has 4 rings (SSSR count). The van der Waals surface area contributed by atoms with Gasteiger partial charge < -0.3 is 5.32 Å². The van der Waals surface area contributed by atoms with Gasteiger partial charge in [-0.1, -0.05) is 65.7 Å². The summed E-state index contributed by atoms with van der Waals surface area (Å²) in [5.74, 6) is 0.381. The molecule has 0 aliphatic rings. The van der Waals surface area contributed by atoms with Gasteiger partial charge in [0.1, 0.15) is 5.82 Å². The van der Waals surface area contributed by atoms with E-state index >= 15 is 0 Å². The first kappa shape index (κ1) is 19.2. The van der Waals surface area contributed by atoms with Crippen LogP contribution in [0.25, 0.3) is 28.3 Å². The van der Waals surface area contributed by atoms with E-state index in [0.29, 0.717) is 27.3 Å². The van der Waals surface area contributed by atoms with Crippen LogP contribution in [0.5, 0.6) is 0 Å². The largest absolute Gasteiger partial charge is 0.354 e. The van der Waals surface area contributed by atoms with Crippen LogP contribution in [0.1, 0.15) is 10.5 Å². The number of carbonyl (C=O) groups is 1. The van der Waals surface area contributed by atoms with Crippen molar-refractivity contribution in [3.8, 4) is 28.3 Å². The molecule has 0 saturated carbocycles. The summed E-state index contributed by atoms with van der Waals surface area (Å²) in [6.45, 7) is 0. The van der Waals surface area contributed by atoms with Crippen molar-refractivity contribution >= 4 is 29.1 Å². The van der Waals surface area contributed by atoms with Crippen molar-refractivity contribution in [1.29, 1.82) is 0 Å². The third-order valence-electron chi connectivity index (χ3n) is 4.53. The Hall–Kier alpha value is -3.08. The second kappa shape index (κ2) is 8.11. The number of nitrogens with zero attached hydrogens (tertiary/aromatic N) is 2. The second-order valence-electron chi connectivity index (χ2n) is 6.40. The van der Waals surface area contributed by atoms with E-state index in [1.807, 2.05) is 77.4 Å². The Bertz CT molecular complexity index is 1170. The molecule has 0 fully saturated rings. The fourth-order valence-electron chi connectivity index (χ4n) is 3.22. The maximum Gasteiger partial charge on any atom is 0.271 e. The Morgan fingerprint density at radius 1 is 0.862 bits per heavy atom. The van der Waals surface area contributed by atoms with Crippen LogP contribution in [-0.2, 0) is 0 Å². The van der Waals surface area contributed by atoms with Crippen molar-refractivity contribution in [2.24, 2.45) is 0 Å². The summed E-state index contributed by atoms with van der Waals surface area (Å²) in [5, 5.41) is 3.90. The Morgan fingerprint density at radius 2 is 1.55 bits per heavy atom. The topological polar surface area (TPSA) is 46.9 Å². The molecule has 29 heavy (non-hydrogen) atoms. The number of aromatic nitrogens is 2. The molecule has 0 aliphatic heterocycles. The molecule has 4 nitrogen and oxygen atoms in total. The summed E-state index contributed by atoms with van der Waals surface area (Å²) in [7, 11) is 1.59. The molecule has 0 atom stereocenters. The van der Waals surface area contributed by atoms with E-state index in [-0.39, 0.29) is 5.91 Å². The van der Waals surface area contributed by atoms with Gasteiger partial charge in [0.05, 0.1) is 5.69 Å². The summed E-state index contributed by atoms with van der Waals surface area (Å²) < 4.78 is 1.96. The van der Waals surface area contributed by atoms with Gasteiger partial charge in [-0.25, -0.2) is 4.98 Å². The maximum absolute atomic E-state index is 12.7. The van der Waals surface area contributed by atoms with Crippen LogP contribution < -0.4 is 5.32 Å². The number of benzene rings is 3. The minimum atomic E-state index is -0.273. The molecular weight excluding hydrogens is 405 g/mol. The summed E-state index contributed by atoms with van der Waals surface area (Å²) in [6.07, 6.45) is 0. The monoisotopic (exact) mass is 421 g/mol. The Balaban J connectivity index is 2.09. The van der Waals surface area contributed by atoms with E-state index in [1.54, 1.807) is 13.1 Å². The summed E-state index contributed by atoms with van der Waals surface area (Å²) in [5.41, 5.74) is 3.50. The molecule has 0 spiro atoms. The molecule has 0 radical (unpaired) electrons. The predicted molar refractivity (Wildman–Crippen MR) is 118 cm³/mol. The average molecular weight is 422 g/mol. The van der Waals surface area contributed by atoms with Crippen molar-refractivity contribution in [1.82, 2.24) is 14.9 Å². The number of halogens is 2. The number of amides is 1. The maximum atomic E-state index is 12.7. The zero-order valence-electron chi connectivity index (χ0n) is 15.6. The normalized spacial score (nSPS) is 10.7. The number of carbonyl (C=O) groups excluding carboxylic acids is 1. The Morgan fingerprint density at radius 3 is 2.21 bits per heavy atom. The van der Waals surface area contributed by atoms with Crippen LogP contribution in [0.2, 0.25) is 10.0 Å². The quantitative estimate of drug-likeness (QED) is 0.447. The van der Waals surface area contributed by atoms with Crippen molar-refractivity contribution < 1.29 is 4.79 Å². The van der Waals surface area contributed by atoms with Crippen molar-refractivity contribution in [2.75, 3.05) is 7.05 Å². The third kappa shape index (κ3) is 3.77. The Labute approximate surface area is 178 Å². The van der Waals surface area contributed by atoms with Crippen LogP contribution in [-0.4, -0.2) is 22.5 Å². The van der Waals surface area contributed by atoms with Crippen molar-refractivity contribution in [2.45, 2.75) is 0 Å². The minimum Gasteiger partial charge on any atom is -0.354 e. The highest BCUT2D eigenvalue weighted by atomic mass is 35.5. The second-order valence-corrected chi connectivity index (χ2v) is 7.27. The van der Waals surface area contributed by atoms with Crippen molar-refractivity contribution in [3.05, 3.63) is 94.6 Å². The van der Waals surface area contributed by atoms with Gasteiger partial charge in [0.25, 0.3) is 5.91 Å². The first-order valence-corrected chi connectivity index (χ1v) is 9.76. The van der Waals surface area contributed by atoms with Crippen LogP contribution in [0.4, 0.5) is 0 Å². The van der Waals surface area contributed by atoms with E-state index in [1.165, 1.54) is 0 Å². The molecule has 4 aromatic rings. The van der Waals surface area contributed by atoms with Crippen LogP contribution in [0.15, 0.2) is 78.9 Å². The zero-order chi connectivity index (χ0) is 20.4. The first-order valence-electron chi connectivity index (χ1n) is 9.00. The first-order chi connectivity index (χ1) is 14.1. The van der Waals surface area contributed by atoms with Gasteiger partial charge in [-0.05, 0) is 36.4 Å². The number of imidazole rings is 1. The van der Waals surface area contributed by atoms with E-state index in [0.717, 1.165) is 16.8 Å². The fraction of sp³-hybridized carbons (Fsp3) is 0.0435. The molecule has 1 amide bonds. The van der Waals surface area contributed by atoms with E-state index in [2.05, 4.69) is 5.32 Å². The van der Waals surface area contributed by atoms with E-state index < -0.39 is 0 Å². The van der Waals surface area contributed by atoms with E-state index in [4.69, 9.17) is 28.2 Å².